The molecule has 0 saturated heterocycles. The van der Waals surface area contributed by atoms with E-state index in [2.05, 4.69) is 44.4 Å². The van der Waals surface area contributed by atoms with Crippen LogP contribution >= 0.6 is 0 Å². The van der Waals surface area contributed by atoms with Crippen LogP contribution in [0.5, 0.6) is 0 Å². The lowest BCUT2D eigenvalue weighted by Crippen LogP contribution is -2.48. The zero-order chi connectivity index (χ0) is 13.8. The third kappa shape index (κ3) is 6.88. The highest BCUT2D eigenvalue weighted by Gasteiger charge is 2.20. The molecule has 0 radical (unpaired) electrons. The molecule has 0 N–H and O–H groups in total. The Labute approximate surface area is 117 Å². The zero-order valence-corrected chi connectivity index (χ0v) is 14.7. The number of nitrogens with zero attached hydrogens (tertiary/aromatic N) is 2. The first-order valence-corrected chi connectivity index (χ1v) is 9.38. The van der Waals surface area contributed by atoms with Crippen molar-refractivity contribution in [2.75, 3.05) is 32.8 Å². The Morgan fingerprint density at radius 3 is 1.78 bits per heavy atom. The fraction of sp³-hybridized carbons (Fsp3) is 1.00. The van der Waals surface area contributed by atoms with Gasteiger partial charge in [0, 0.05) is 6.61 Å². The van der Waals surface area contributed by atoms with Gasteiger partial charge >= 0.3 is 0 Å². The van der Waals surface area contributed by atoms with Crippen molar-refractivity contribution in [1.82, 2.24) is 9.80 Å². The first kappa shape index (κ1) is 18.1. The molecule has 0 amide bonds. The molecule has 4 heteroatoms. The normalized spacial score (nSPS) is 12.7. The topological polar surface area (TPSA) is 15.7 Å². The Morgan fingerprint density at radius 1 is 0.889 bits per heavy atom. The summed E-state index contributed by atoms with van der Waals surface area (Å²) < 4.78 is 5.73. The van der Waals surface area contributed by atoms with Crippen LogP contribution in [0.1, 0.15) is 47.5 Å². The molecule has 0 aliphatic heterocycles. The molecule has 0 atom stereocenters. The van der Waals surface area contributed by atoms with Crippen molar-refractivity contribution in [2.45, 2.75) is 59.7 Å². The van der Waals surface area contributed by atoms with Crippen LogP contribution in [-0.4, -0.2) is 58.5 Å². The minimum absolute atomic E-state index is 0.290. The second kappa shape index (κ2) is 12.1. The highest BCUT2D eigenvalue weighted by molar-refractivity contribution is 6.26. The molecular weight excluding hydrogens is 240 g/mol. The van der Waals surface area contributed by atoms with E-state index < -0.39 is 0 Å². The van der Waals surface area contributed by atoms with E-state index in [0.717, 1.165) is 39.2 Å². The summed E-state index contributed by atoms with van der Waals surface area (Å²) in [6.07, 6.45) is 3.05. The molecule has 0 rings (SSSR count). The molecule has 0 aliphatic rings. The van der Waals surface area contributed by atoms with Crippen LogP contribution in [0.2, 0.25) is 6.04 Å². The zero-order valence-electron chi connectivity index (χ0n) is 13.2. The Balaban J connectivity index is 4.19. The second-order valence-electron chi connectivity index (χ2n) is 4.68. The minimum Gasteiger partial charge on any atom is -0.424 e. The highest BCUT2D eigenvalue weighted by Crippen LogP contribution is 2.12. The van der Waals surface area contributed by atoms with E-state index in [0.29, 0.717) is 6.17 Å². The molecule has 0 saturated carbocycles. The van der Waals surface area contributed by atoms with Crippen molar-refractivity contribution in [2.24, 2.45) is 0 Å². The molecule has 0 fully saturated rings. The third-order valence-electron chi connectivity index (χ3n) is 3.57. The molecule has 0 heterocycles. The van der Waals surface area contributed by atoms with Gasteiger partial charge in [-0.3, -0.25) is 9.80 Å². The van der Waals surface area contributed by atoms with Crippen LogP contribution in [-0.2, 0) is 4.43 Å². The maximum absolute atomic E-state index is 5.73. The molecular formula is C14H34N2OSi. The predicted molar refractivity (Wildman–Crippen MR) is 83.8 cm³/mol. The summed E-state index contributed by atoms with van der Waals surface area (Å²) in [6.45, 7) is 16.8. The summed E-state index contributed by atoms with van der Waals surface area (Å²) >= 11 is 0. The Hall–Kier alpha value is 0.0969. The Morgan fingerprint density at radius 2 is 1.39 bits per heavy atom. The van der Waals surface area contributed by atoms with Gasteiger partial charge in [0.05, 0.1) is 6.17 Å². The van der Waals surface area contributed by atoms with Crippen LogP contribution < -0.4 is 0 Å². The number of rotatable bonds is 12. The Kier molecular flexibility index (Phi) is 12.2. The molecule has 0 aromatic heterocycles. The molecule has 0 aromatic carbocycles. The number of hydrogen-bond acceptors (Lipinski definition) is 3. The van der Waals surface area contributed by atoms with E-state index in [-0.39, 0.29) is 9.76 Å². The lowest BCUT2D eigenvalue weighted by molar-refractivity contribution is 0.0534. The van der Waals surface area contributed by atoms with Crippen LogP contribution in [0.3, 0.4) is 0 Å². The van der Waals surface area contributed by atoms with Crippen molar-refractivity contribution in [3.63, 3.8) is 0 Å². The average Bonchev–Trinajstić information content (AvgIpc) is 2.40. The molecule has 18 heavy (non-hydrogen) atoms. The van der Waals surface area contributed by atoms with E-state index in [1.807, 2.05) is 0 Å². The van der Waals surface area contributed by atoms with Crippen LogP contribution in [0, 0.1) is 0 Å². The molecule has 0 bridgehead atoms. The minimum atomic E-state index is -0.290. The van der Waals surface area contributed by atoms with Gasteiger partial charge in [-0.15, -0.1) is 0 Å². The fourth-order valence-electron chi connectivity index (χ4n) is 2.50. The van der Waals surface area contributed by atoms with Crippen molar-refractivity contribution in [3.05, 3.63) is 0 Å². The second-order valence-corrected chi connectivity index (χ2v) is 6.20. The van der Waals surface area contributed by atoms with E-state index >= 15 is 0 Å². The molecule has 0 aliphatic carbocycles. The largest absolute Gasteiger partial charge is 0.424 e. The standard InChI is InChI=1S/C14H34N2OSi/c1-6-12-17-18-13-11-14(15(7-2)8-3)16(9-4)10-5/h14H,6-13,18H2,1-5H3. The fourth-order valence-corrected chi connectivity index (χ4v) is 3.73. The molecule has 0 aromatic rings. The van der Waals surface area contributed by atoms with Crippen molar-refractivity contribution in [3.8, 4) is 0 Å². The van der Waals surface area contributed by atoms with Crippen LogP contribution in [0.15, 0.2) is 0 Å². The maximum Gasteiger partial charge on any atom is 0.161 e. The van der Waals surface area contributed by atoms with E-state index in [1.54, 1.807) is 0 Å². The molecule has 0 unspecified atom stereocenters. The first-order chi connectivity index (χ1) is 8.74. The van der Waals surface area contributed by atoms with Gasteiger partial charge in [-0.25, -0.2) is 0 Å². The first-order valence-electron chi connectivity index (χ1n) is 7.80. The third-order valence-corrected chi connectivity index (χ3v) is 4.84. The average molecular weight is 275 g/mol. The van der Waals surface area contributed by atoms with Crippen LogP contribution in [0.25, 0.3) is 0 Å². The Bertz CT molecular complexity index is 161. The quantitative estimate of drug-likeness (QED) is 0.309. The smallest absolute Gasteiger partial charge is 0.161 e. The lowest BCUT2D eigenvalue weighted by Gasteiger charge is -2.38. The monoisotopic (exact) mass is 274 g/mol. The van der Waals surface area contributed by atoms with E-state index in [9.17, 15) is 0 Å². The SMILES string of the molecule is CCCO[SiH2]CCC(N(CC)CC)N(CC)CC. The van der Waals surface area contributed by atoms with Gasteiger partial charge in [0.25, 0.3) is 0 Å². The summed E-state index contributed by atoms with van der Waals surface area (Å²) in [7, 11) is -0.290. The van der Waals surface area contributed by atoms with Gasteiger partial charge in [-0.2, -0.15) is 0 Å². The maximum atomic E-state index is 5.73. The van der Waals surface area contributed by atoms with Gasteiger partial charge in [0.15, 0.2) is 9.76 Å². The van der Waals surface area contributed by atoms with Crippen molar-refractivity contribution >= 4 is 9.76 Å². The highest BCUT2D eigenvalue weighted by atomic mass is 28.2. The summed E-state index contributed by atoms with van der Waals surface area (Å²) in [5.41, 5.74) is 0. The van der Waals surface area contributed by atoms with Gasteiger partial charge in [-0.05, 0) is 45.1 Å². The van der Waals surface area contributed by atoms with Crippen molar-refractivity contribution in [1.29, 1.82) is 0 Å². The molecule has 110 valence electrons. The predicted octanol–water partition coefficient (Wildman–Crippen LogP) is 2.31. The van der Waals surface area contributed by atoms with Gasteiger partial charge in [-0.1, -0.05) is 34.6 Å². The lowest BCUT2D eigenvalue weighted by atomic mass is 10.2. The van der Waals surface area contributed by atoms with E-state index in [1.165, 1.54) is 12.5 Å². The summed E-state index contributed by atoms with van der Waals surface area (Å²) in [4.78, 5) is 5.17. The summed E-state index contributed by atoms with van der Waals surface area (Å²) in [6, 6.07) is 1.30. The van der Waals surface area contributed by atoms with Gasteiger partial charge in [0.2, 0.25) is 0 Å². The number of hydrogen-bond donors (Lipinski definition) is 0. The van der Waals surface area contributed by atoms with Crippen molar-refractivity contribution < 1.29 is 4.43 Å². The van der Waals surface area contributed by atoms with Gasteiger partial charge < -0.3 is 4.43 Å². The van der Waals surface area contributed by atoms with Crippen LogP contribution in [0.4, 0.5) is 0 Å². The molecule has 0 spiro atoms. The van der Waals surface area contributed by atoms with E-state index in [4.69, 9.17) is 4.43 Å². The summed E-state index contributed by atoms with van der Waals surface area (Å²) in [5, 5.41) is 0. The summed E-state index contributed by atoms with van der Waals surface area (Å²) in [5.74, 6) is 0. The molecule has 3 nitrogen and oxygen atoms in total. The van der Waals surface area contributed by atoms with Gasteiger partial charge in [0.1, 0.15) is 0 Å².